The predicted molar refractivity (Wildman–Crippen MR) is 76.6 cm³/mol. The van der Waals surface area contributed by atoms with E-state index in [1.807, 2.05) is 30.3 Å². The molecule has 1 heterocycles. The number of rotatable bonds is 1. The number of ether oxygens (including phenoxy) is 2. The summed E-state index contributed by atoms with van der Waals surface area (Å²) in [7, 11) is 0. The second-order valence-electron chi connectivity index (χ2n) is 4.80. The number of hydrogen-bond acceptors (Lipinski definition) is 3. The van der Waals surface area contributed by atoms with E-state index in [2.05, 4.69) is 13.0 Å². The Morgan fingerprint density at radius 3 is 2.58 bits per heavy atom. The average molecular weight is 255 g/mol. The van der Waals surface area contributed by atoms with Crippen LogP contribution in [0.5, 0.6) is 11.5 Å². The van der Waals surface area contributed by atoms with Gasteiger partial charge in [-0.25, -0.2) is 0 Å². The Labute approximate surface area is 113 Å². The number of aryl methyl sites for hydroxylation is 1. The molecule has 3 nitrogen and oxygen atoms in total. The van der Waals surface area contributed by atoms with Gasteiger partial charge in [-0.05, 0) is 36.8 Å². The normalized spacial score (nSPS) is 13.9. The first kappa shape index (κ1) is 11.9. The zero-order valence-corrected chi connectivity index (χ0v) is 11.0. The second kappa shape index (κ2) is 4.84. The van der Waals surface area contributed by atoms with Crippen molar-refractivity contribution in [3.63, 3.8) is 0 Å². The molecule has 0 amide bonds. The largest absolute Gasteiger partial charge is 0.490 e. The van der Waals surface area contributed by atoms with Crippen LogP contribution in [0, 0.1) is 6.92 Å². The highest BCUT2D eigenvalue weighted by molar-refractivity contribution is 5.78. The van der Waals surface area contributed by atoms with E-state index < -0.39 is 0 Å². The summed E-state index contributed by atoms with van der Waals surface area (Å²) in [6.45, 7) is 3.46. The molecule has 0 aliphatic carbocycles. The van der Waals surface area contributed by atoms with Crippen LogP contribution >= 0.6 is 0 Å². The van der Waals surface area contributed by atoms with Crippen LogP contribution in [0.1, 0.15) is 12.0 Å². The van der Waals surface area contributed by atoms with Crippen LogP contribution in [0.25, 0.3) is 11.1 Å². The third-order valence-electron chi connectivity index (χ3n) is 3.27. The number of hydrogen-bond donors (Lipinski definition) is 1. The molecule has 0 spiro atoms. The highest BCUT2D eigenvalue weighted by Crippen LogP contribution is 2.36. The third-order valence-corrected chi connectivity index (χ3v) is 3.27. The van der Waals surface area contributed by atoms with Crippen molar-refractivity contribution in [1.82, 2.24) is 0 Å². The lowest BCUT2D eigenvalue weighted by atomic mass is 10.0. The van der Waals surface area contributed by atoms with Gasteiger partial charge in [0.25, 0.3) is 0 Å². The first-order chi connectivity index (χ1) is 9.24. The van der Waals surface area contributed by atoms with Crippen LogP contribution in [0.15, 0.2) is 36.4 Å². The smallest absolute Gasteiger partial charge is 0.161 e. The molecule has 3 rings (SSSR count). The van der Waals surface area contributed by atoms with Gasteiger partial charge in [-0.15, -0.1) is 0 Å². The van der Waals surface area contributed by atoms with Crippen LogP contribution < -0.4 is 15.2 Å². The summed E-state index contributed by atoms with van der Waals surface area (Å²) in [6.07, 6.45) is 0.913. The Balaban J connectivity index is 2.06. The SMILES string of the molecule is Cc1ccc(N)c(-c2ccc3c(c2)OCCCO3)c1. The van der Waals surface area contributed by atoms with Crippen LogP contribution in [-0.2, 0) is 0 Å². The van der Waals surface area contributed by atoms with Crippen molar-refractivity contribution in [3.05, 3.63) is 42.0 Å². The lowest BCUT2D eigenvalue weighted by Crippen LogP contribution is -1.97. The van der Waals surface area contributed by atoms with E-state index in [1.54, 1.807) is 0 Å². The fourth-order valence-electron chi connectivity index (χ4n) is 2.25. The zero-order chi connectivity index (χ0) is 13.2. The fourth-order valence-corrected chi connectivity index (χ4v) is 2.25. The van der Waals surface area contributed by atoms with E-state index >= 15 is 0 Å². The Morgan fingerprint density at radius 2 is 1.74 bits per heavy atom. The number of fused-ring (bicyclic) bond motifs is 1. The van der Waals surface area contributed by atoms with E-state index in [0.717, 1.165) is 34.7 Å². The number of nitrogens with two attached hydrogens (primary N) is 1. The first-order valence-corrected chi connectivity index (χ1v) is 6.50. The molecule has 3 heteroatoms. The highest BCUT2D eigenvalue weighted by Gasteiger charge is 2.12. The van der Waals surface area contributed by atoms with Gasteiger partial charge >= 0.3 is 0 Å². The molecule has 0 unspecified atom stereocenters. The standard InChI is InChI=1S/C16H17NO2/c1-11-3-5-14(17)13(9-11)12-4-6-15-16(10-12)19-8-2-7-18-15/h3-6,9-10H,2,7-8,17H2,1H3. The molecule has 98 valence electrons. The van der Waals surface area contributed by atoms with Gasteiger partial charge in [0.15, 0.2) is 11.5 Å². The van der Waals surface area contributed by atoms with E-state index in [1.165, 1.54) is 5.56 Å². The molecule has 0 radical (unpaired) electrons. The topological polar surface area (TPSA) is 44.5 Å². The summed E-state index contributed by atoms with van der Waals surface area (Å²) in [5, 5.41) is 0. The van der Waals surface area contributed by atoms with Gasteiger partial charge in [0.1, 0.15) is 0 Å². The van der Waals surface area contributed by atoms with Crippen molar-refractivity contribution < 1.29 is 9.47 Å². The van der Waals surface area contributed by atoms with Crippen molar-refractivity contribution in [2.24, 2.45) is 0 Å². The lowest BCUT2D eigenvalue weighted by Gasteiger charge is -2.11. The molecule has 2 aromatic carbocycles. The molecule has 0 aromatic heterocycles. The quantitative estimate of drug-likeness (QED) is 0.794. The first-order valence-electron chi connectivity index (χ1n) is 6.50. The van der Waals surface area contributed by atoms with Gasteiger partial charge in [-0.2, -0.15) is 0 Å². The molecule has 0 fully saturated rings. The second-order valence-corrected chi connectivity index (χ2v) is 4.80. The highest BCUT2D eigenvalue weighted by atomic mass is 16.5. The molecule has 0 saturated carbocycles. The molecule has 0 saturated heterocycles. The molecule has 1 aliphatic heterocycles. The van der Waals surface area contributed by atoms with Gasteiger partial charge in [0.05, 0.1) is 13.2 Å². The molecule has 0 bridgehead atoms. The Kier molecular flexibility index (Phi) is 3.03. The maximum absolute atomic E-state index is 6.06. The molecule has 0 atom stereocenters. The van der Waals surface area contributed by atoms with Gasteiger partial charge in [-0.1, -0.05) is 17.7 Å². The van der Waals surface area contributed by atoms with Crippen LogP contribution in [0.3, 0.4) is 0 Å². The molecular weight excluding hydrogens is 238 g/mol. The molecule has 2 N–H and O–H groups in total. The third kappa shape index (κ3) is 2.36. The Bertz CT molecular complexity index is 608. The van der Waals surface area contributed by atoms with Crippen molar-refractivity contribution >= 4 is 5.69 Å². The van der Waals surface area contributed by atoms with Crippen molar-refractivity contribution in [2.45, 2.75) is 13.3 Å². The number of nitrogen functional groups attached to an aromatic ring is 1. The van der Waals surface area contributed by atoms with Gasteiger partial charge in [0.2, 0.25) is 0 Å². The van der Waals surface area contributed by atoms with Crippen LogP contribution in [-0.4, -0.2) is 13.2 Å². The number of benzene rings is 2. The number of anilines is 1. The maximum Gasteiger partial charge on any atom is 0.161 e. The molecular formula is C16H17NO2. The molecule has 19 heavy (non-hydrogen) atoms. The van der Waals surface area contributed by atoms with Crippen molar-refractivity contribution in [3.8, 4) is 22.6 Å². The van der Waals surface area contributed by atoms with E-state index in [0.29, 0.717) is 13.2 Å². The van der Waals surface area contributed by atoms with E-state index in [9.17, 15) is 0 Å². The van der Waals surface area contributed by atoms with Gasteiger partial charge in [-0.3, -0.25) is 0 Å². The van der Waals surface area contributed by atoms with Crippen LogP contribution in [0.4, 0.5) is 5.69 Å². The summed E-state index contributed by atoms with van der Waals surface area (Å²) < 4.78 is 11.4. The average Bonchev–Trinajstić information content (AvgIpc) is 2.66. The molecule has 1 aliphatic rings. The minimum absolute atomic E-state index is 0.694. The van der Waals surface area contributed by atoms with Gasteiger partial charge < -0.3 is 15.2 Å². The van der Waals surface area contributed by atoms with E-state index in [4.69, 9.17) is 15.2 Å². The fraction of sp³-hybridized carbons (Fsp3) is 0.250. The van der Waals surface area contributed by atoms with E-state index in [-0.39, 0.29) is 0 Å². The summed E-state index contributed by atoms with van der Waals surface area (Å²) in [6, 6.07) is 12.0. The van der Waals surface area contributed by atoms with Gasteiger partial charge in [0, 0.05) is 17.7 Å². The summed E-state index contributed by atoms with van der Waals surface area (Å²) >= 11 is 0. The summed E-state index contributed by atoms with van der Waals surface area (Å²) in [5.74, 6) is 1.61. The summed E-state index contributed by atoms with van der Waals surface area (Å²) in [5.41, 5.74) is 10.1. The lowest BCUT2D eigenvalue weighted by molar-refractivity contribution is 0.297. The summed E-state index contributed by atoms with van der Waals surface area (Å²) in [4.78, 5) is 0. The minimum Gasteiger partial charge on any atom is -0.490 e. The zero-order valence-electron chi connectivity index (χ0n) is 11.0. The Hall–Kier alpha value is -2.16. The monoisotopic (exact) mass is 255 g/mol. The molecule has 2 aromatic rings. The van der Waals surface area contributed by atoms with Crippen molar-refractivity contribution in [1.29, 1.82) is 0 Å². The Morgan fingerprint density at radius 1 is 0.947 bits per heavy atom. The maximum atomic E-state index is 6.06. The predicted octanol–water partition coefficient (Wildman–Crippen LogP) is 3.41. The van der Waals surface area contributed by atoms with Crippen molar-refractivity contribution in [2.75, 3.05) is 18.9 Å². The minimum atomic E-state index is 0.694. The van der Waals surface area contributed by atoms with Crippen LogP contribution in [0.2, 0.25) is 0 Å².